The molecule has 20 heavy (non-hydrogen) atoms. The van der Waals surface area contributed by atoms with E-state index in [1.165, 1.54) is 0 Å². The molecular weight excluding hydrogens is 276 g/mol. The molecule has 1 fully saturated rings. The molecule has 5 nitrogen and oxygen atoms in total. The highest BCUT2D eigenvalue weighted by atomic mass is 32.2. The van der Waals surface area contributed by atoms with Crippen LogP contribution in [0.5, 0.6) is 5.75 Å². The summed E-state index contributed by atoms with van der Waals surface area (Å²) in [5.74, 6) is 0.541. The van der Waals surface area contributed by atoms with Crippen LogP contribution in [-0.2, 0) is 4.79 Å². The lowest BCUT2D eigenvalue weighted by molar-refractivity contribution is -0.138. The highest BCUT2D eigenvalue weighted by Crippen LogP contribution is 2.32. The van der Waals surface area contributed by atoms with Gasteiger partial charge in [-0.3, -0.25) is 15.1 Å². The van der Waals surface area contributed by atoms with Gasteiger partial charge >= 0.3 is 5.97 Å². The number of carboxylic acid groups (broad SMARTS) is 1. The minimum absolute atomic E-state index is 0.0670. The lowest BCUT2D eigenvalue weighted by Gasteiger charge is -2.11. The van der Waals surface area contributed by atoms with Crippen molar-refractivity contribution in [3.8, 4) is 5.75 Å². The average Bonchev–Trinajstić information content (AvgIpc) is 2.96. The van der Waals surface area contributed by atoms with Gasteiger partial charge in [-0.25, -0.2) is 0 Å². The molecule has 6 heteroatoms. The summed E-state index contributed by atoms with van der Waals surface area (Å²) in [6, 6.07) is 9.12. The molecule has 2 aromatic rings. The summed E-state index contributed by atoms with van der Waals surface area (Å²) < 4.78 is 5.18. The molecule has 1 saturated heterocycles. The summed E-state index contributed by atoms with van der Waals surface area (Å²) in [5, 5.41) is 13.0. The lowest BCUT2D eigenvalue weighted by Crippen LogP contribution is -2.33. The predicted molar refractivity (Wildman–Crippen MR) is 78.1 cm³/mol. The smallest absolute Gasteiger partial charge is 0.321 e. The van der Waals surface area contributed by atoms with Crippen molar-refractivity contribution >= 4 is 28.6 Å². The van der Waals surface area contributed by atoms with Gasteiger partial charge in [0.2, 0.25) is 0 Å². The zero-order valence-electron chi connectivity index (χ0n) is 10.9. The lowest BCUT2D eigenvalue weighted by atomic mass is 10.2. The second-order valence-electron chi connectivity index (χ2n) is 4.57. The number of hydrogen-bond donors (Lipinski definition) is 2. The number of carboxylic acids is 1. The van der Waals surface area contributed by atoms with Crippen LogP contribution in [0.1, 0.15) is 11.1 Å². The average molecular weight is 290 g/mol. The first-order valence-corrected chi connectivity index (χ1v) is 7.27. The molecule has 104 valence electrons. The molecule has 0 bridgehead atoms. The summed E-state index contributed by atoms with van der Waals surface area (Å²) >= 11 is 1.57. The first kappa shape index (κ1) is 13.2. The number of carbonyl (C=O) groups is 1. The molecule has 0 saturated carbocycles. The number of benzene rings is 1. The third kappa shape index (κ3) is 2.44. The number of pyridine rings is 1. The molecule has 1 aliphatic rings. The summed E-state index contributed by atoms with van der Waals surface area (Å²) in [7, 11) is 1.63. The molecule has 2 unspecified atom stereocenters. The molecule has 1 aromatic carbocycles. The topological polar surface area (TPSA) is 71.5 Å². The number of aliphatic carboxylic acids is 1. The normalized spacial score (nSPS) is 22.1. The highest BCUT2D eigenvalue weighted by molar-refractivity contribution is 7.99. The Morgan fingerprint density at radius 3 is 3.00 bits per heavy atom. The molecular formula is C14H14N2O3S. The van der Waals surface area contributed by atoms with Crippen LogP contribution in [0.4, 0.5) is 0 Å². The van der Waals surface area contributed by atoms with Crippen LogP contribution in [0.2, 0.25) is 0 Å². The number of hydrogen-bond acceptors (Lipinski definition) is 5. The predicted octanol–water partition coefficient (Wildman–Crippen LogP) is 2.03. The van der Waals surface area contributed by atoms with E-state index in [-0.39, 0.29) is 5.37 Å². The van der Waals surface area contributed by atoms with E-state index in [9.17, 15) is 4.79 Å². The number of rotatable bonds is 3. The maximum absolute atomic E-state index is 11.0. The fourth-order valence-corrected chi connectivity index (χ4v) is 3.36. The summed E-state index contributed by atoms with van der Waals surface area (Å²) in [6.45, 7) is 0. The van der Waals surface area contributed by atoms with Gasteiger partial charge in [0.1, 0.15) is 11.8 Å². The number of ether oxygens (including phenoxy) is 1. The Bertz CT molecular complexity index is 662. The van der Waals surface area contributed by atoms with Gasteiger partial charge in [-0.1, -0.05) is 6.07 Å². The van der Waals surface area contributed by atoms with Crippen LogP contribution < -0.4 is 10.1 Å². The van der Waals surface area contributed by atoms with Gasteiger partial charge in [0, 0.05) is 11.1 Å². The van der Waals surface area contributed by atoms with E-state index in [1.54, 1.807) is 18.9 Å². The van der Waals surface area contributed by atoms with Gasteiger partial charge in [0.15, 0.2) is 0 Å². The minimum Gasteiger partial charge on any atom is -0.497 e. The van der Waals surface area contributed by atoms with Crippen LogP contribution in [0, 0.1) is 0 Å². The van der Waals surface area contributed by atoms with E-state index in [0.717, 1.165) is 22.3 Å². The van der Waals surface area contributed by atoms with Gasteiger partial charge in [-0.2, -0.15) is 0 Å². The number of nitrogens with zero attached hydrogens (tertiary/aromatic N) is 1. The van der Waals surface area contributed by atoms with Crippen molar-refractivity contribution < 1.29 is 14.6 Å². The molecule has 2 atom stereocenters. The fraction of sp³-hybridized carbons (Fsp3) is 0.286. The molecule has 3 rings (SSSR count). The van der Waals surface area contributed by atoms with Crippen LogP contribution in [-0.4, -0.2) is 35.0 Å². The SMILES string of the molecule is COc1ccc2nc(C3NC(C(=O)O)CS3)ccc2c1. The Kier molecular flexibility index (Phi) is 3.50. The van der Waals surface area contributed by atoms with E-state index in [1.807, 2.05) is 30.3 Å². The van der Waals surface area contributed by atoms with E-state index in [0.29, 0.717) is 5.75 Å². The van der Waals surface area contributed by atoms with Gasteiger partial charge in [-0.15, -0.1) is 11.8 Å². The maximum Gasteiger partial charge on any atom is 0.321 e. The van der Waals surface area contributed by atoms with Crippen LogP contribution >= 0.6 is 11.8 Å². The third-order valence-corrected chi connectivity index (χ3v) is 4.50. The van der Waals surface area contributed by atoms with Gasteiger partial charge in [0.25, 0.3) is 0 Å². The van der Waals surface area contributed by atoms with E-state index < -0.39 is 12.0 Å². The van der Waals surface area contributed by atoms with Crippen molar-refractivity contribution in [1.29, 1.82) is 0 Å². The summed E-state index contributed by atoms with van der Waals surface area (Å²) in [4.78, 5) is 15.5. The first-order chi connectivity index (χ1) is 9.67. The van der Waals surface area contributed by atoms with Gasteiger partial charge in [-0.05, 0) is 24.3 Å². The van der Waals surface area contributed by atoms with Crippen molar-refractivity contribution in [3.05, 3.63) is 36.0 Å². The molecule has 2 heterocycles. The molecule has 0 aliphatic carbocycles. The molecule has 1 aromatic heterocycles. The number of aromatic nitrogens is 1. The third-order valence-electron chi connectivity index (χ3n) is 3.27. The summed E-state index contributed by atoms with van der Waals surface area (Å²) in [6.07, 6.45) is 0. The zero-order valence-corrected chi connectivity index (χ0v) is 11.7. The zero-order chi connectivity index (χ0) is 14.1. The Labute approximate surface area is 120 Å². The van der Waals surface area contributed by atoms with E-state index >= 15 is 0 Å². The molecule has 1 aliphatic heterocycles. The Hall–Kier alpha value is -1.79. The van der Waals surface area contributed by atoms with Crippen molar-refractivity contribution in [2.45, 2.75) is 11.4 Å². The Balaban J connectivity index is 1.88. The van der Waals surface area contributed by atoms with Crippen LogP contribution in [0.25, 0.3) is 10.9 Å². The highest BCUT2D eigenvalue weighted by Gasteiger charge is 2.31. The Morgan fingerprint density at radius 2 is 2.30 bits per heavy atom. The van der Waals surface area contributed by atoms with Crippen molar-refractivity contribution in [1.82, 2.24) is 10.3 Å². The molecule has 0 spiro atoms. The summed E-state index contributed by atoms with van der Waals surface area (Å²) in [5.41, 5.74) is 1.74. The van der Waals surface area contributed by atoms with Crippen molar-refractivity contribution in [3.63, 3.8) is 0 Å². The number of fused-ring (bicyclic) bond motifs is 1. The van der Waals surface area contributed by atoms with Crippen LogP contribution in [0.3, 0.4) is 0 Å². The van der Waals surface area contributed by atoms with E-state index in [4.69, 9.17) is 9.84 Å². The van der Waals surface area contributed by atoms with Gasteiger partial charge < -0.3 is 9.84 Å². The minimum atomic E-state index is -0.814. The second kappa shape index (κ2) is 5.30. The molecule has 2 N–H and O–H groups in total. The largest absolute Gasteiger partial charge is 0.497 e. The quantitative estimate of drug-likeness (QED) is 0.901. The molecule has 0 radical (unpaired) electrons. The Morgan fingerprint density at radius 1 is 1.45 bits per heavy atom. The second-order valence-corrected chi connectivity index (χ2v) is 5.70. The van der Waals surface area contributed by atoms with Crippen molar-refractivity contribution in [2.75, 3.05) is 12.9 Å². The standard InChI is InChI=1S/C14H14N2O3S/c1-19-9-3-5-10-8(6-9)2-4-11(15-10)13-16-12(7-20-13)14(17)18/h2-6,12-13,16H,7H2,1H3,(H,17,18). The number of nitrogens with one attached hydrogen (secondary N) is 1. The van der Waals surface area contributed by atoms with Crippen LogP contribution in [0.15, 0.2) is 30.3 Å². The number of thioether (sulfide) groups is 1. The number of methoxy groups -OCH3 is 1. The maximum atomic E-state index is 11.0. The fourth-order valence-electron chi connectivity index (χ4n) is 2.18. The first-order valence-electron chi connectivity index (χ1n) is 6.22. The molecule has 0 amide bonds. The monoisotopic (exact) mass is 290 g/mol. The van der Waals surface area contributed by atoms with Crippen molar-refractivity contribution in [2.24, 2.45) is 0 Å². The van der Waals surface area contributed by atoms with Gasteiger partial charge in [0.05, 0.1) is 23.7 Å². The van der Waals surface area contributed by atoms with E-state index in [2.05, 4.69) is 10.3 Å².